The molecule has 1 saturated heterocycles. The van der Waals surface area contributed by atoms with Gasteiger partial charge in [0.1, 0.15) is 15.7 Å². The summed E-state index contributed by atoms with van der Waals surface area (Å²) in [5.74, 6) is 1.33. The summed E-state index contributed by atoms with van der Waals surface area (Å²) in [6, 6.07) is 0.180. The second-order valence-corrected chi connectivity index (χ2v) is 6.52. The summed E-state index contributed by atoms with van der Waals surface area (Å²) in [6.45, 7) is 1.87. The Kier molecular flexibility index (Phi) is 2.68. The molecule has 0 saturated carbocycles. The molecule has 0 amide bonds. The van der Waals surface area contributed by atoms with Gasteiger partial charge in [-0.05, 0) is 32.0 Å². The van der Waals surface area contributed by atoms with Gasteiger partial charge in [0.25, 0.3) is 0 Å². The van der Waals surface area contributed by atoms with Gasteiger partial charge in [-0.1, -0.05) is 0 Å². The number of nitrogens with one attached hydrogen (secondary N) is 1. The topological polar surface area (TPSA) is 67.8 Å². The molecule has 84 valence electrons. The van der Waals surface area contributed by atoms with Crippen molar-refractivity contribution in [3.63, 3.8) is 0 Å². The first-order chi connectivity index (χ1) is 6.99. The summed E-state index contributed by atoms with van der Waals surface area (Å²) in [7, 11) is -2.81. The van der Waals surface area contributed by atoms with E-state index in [1.165, 1.54) is 0 Å². The number of hydrogen-bond donors (Lipinski definition) is 1. The van der Waals surface area contributed by atoms with E-state index >= 15 is 0 Å². The van der Waals surface area contributed by atoms with Crippen molar-refractivity contribution in [2.24, 2.45) is 0 Å². The van der Waals surface area contributed by atoms with Gasteiger partial charge in [0.05, 0.1) is 11.5 Å². The SMILES string of the molecule is Cc1n[nH]c(=S)n1C1CCS(=O)(=O)CC1. The zero-order valence-electron chi connectivity index (χ0n) is 8.43. The zero-order valence-corrected chi connectivity index (χ0v) is 10.1. The highest BCUT2D eigenvalue weighted by atomic mass is 32.2. The fourth-order valence-electron chi connectivity index (χ4n) is 1.95. The van der Waals surface area contributed by atoms with Crippen molar-refractivity contribution in [3.8, 4) is 0 Å². The molecule has 0 radical (unpaired) electrons. The van der Waals surface area contributed by atoms with Crippen LogP contribution in [0.15, 0.2) is 0 Å². The number of rotatable bonds is 1. The van der Waals surface area contributed by atoms with Crippen LogP contribution in [0.1, 0.15) is 24.7 Å². The fraction of sp³-hybridized carbons (Fsp3) is 0.750. The van der Waals surface area contributed by atoms with E-state index in [1.54, 1.807) is 0 Å². The maximum absolute atomic E-state index is 11.3. The molecule has 0 unspecified atom stereocenters. The van der Waals surface area contributed by atoms with Crippen molar-refractivity contribution in [3.05, 3.63) is 10.6 Å². The maximum atomic E-state index is 11.3. The van der Waals surface area contributed by atoms with E-state index < -0.39 is 9.84 Å². The molecule has 1 aromatic heterocycles. The quantitative estimate of drug-likeness (QED) is 0.752. The molecule has 0 bridgehead atoms. The molecule has 1 fully saturated rings. The standard InChI is InChI=1S/C8H13N3O2S2/c1-6-9-10-8(14)11(6)7-2-4-15(12,13)5-3-7/h7H,2-5H2,1H3,(H,10,14). The molecule has 2 heterocycles. The van der Waals surface area contributed by atoms with Crippen molar-refractivity contribution >= 4 is 22.1 Å². The monoisotopic (exact) mass is 247 g/mol. The van der Waals surface area contributed by atoms with Crippen LogP contribution in [0.4, 0.5) is 0 Å². The highest BCUT2D eigenvalue weighted by molar-refractivity contribution is 7.91. The third kappa shape index (κ3) is 2.12. The summed E-state index contributed by atoms with van der Waals surface area (Å²) < 4.78 is 25.1. The molecule has 1 aliphatic rings. The molecular formula is C8H13N3O2S2. The van der Waals surface area contributed by atoms with E-state index in [1.807, 2.05) is 11.5 Å². The molecule has 7 heteroatoms. The van der Waals surface area contributed by atoms with Crippen molar-refractivity contribution in [1.29, 1.82) is 0 Å². The molecule has 15 heavy (non-hydrogen) atoms. The van der Waals surface area contributed by atoms with Gasteiger partial charge in [-0.25, -0.2) is 8.42 Å². The molecule has 0 atom stereocenters. The van der Waals surface area contributed by atoms with Gasteiger partial charge in [-0.3, -0.25) is 5.10 Å². The van der Waals surface area contributed by atoms with Crippen LogP contribution in [0.2, 0.25) is 0 Å². The van der Waals surface area contributed by atoms with Crippen LogP contribution in [0.25, 0.3) is 0 Å². The minimum atomic E-state index is -2.81. The second-order valence-electron chi connectivity index (χ2n) is 3.83. The van der Waals surface area contributed by atoms with E-state index in [4.69, 9.17) is 12.2 Å². The predicted molar refractivity (Wildman–Crippen MR) is 59.1 cm³/mol. The number of aromatic amines is 1. The molecule has 1 N–H and O–H groups in total. The van der Waals surface area contributed by atoms with Crippen LogP contribution < -0.4 is 0 Å². The molecule has 5 nitrogen and oxygen atoms in total. The Morgan fingerprint density at radius 3 is 2.53 bits per heavy atom. The molecule has 0 aliphatic carbocycles. The number of sulfone groups is 1. The van der Waals surface area contributed by atoms with Gasteiger partial charge in [-0.15, -0.1) is 0 Å². The summed E-state index contributed by atoms with van der Waals surface area (Å²) in [5.41, 5.74) is 0. The Bertz CT molecular complexity index is 500. The van der Waals surface area contributed by atoms with Crippen LogP contribution in [-0.4, -0.2) is 34.7 Å². The lowest BCUT2D eigenvalue weighted by molar-refractivity contribution is 0.437. The lowest BCUT2D eigenvalue weighted by Crippen LogP contribution is -2.26. The first kappa shape index (κ1) is 10.8. The van der Waals surface area contributed by atoms with Crippen molar-refractivity contribution in [1.82, 2.24) is 14.8 Å². The highest BCUT2D eigenvalue weighted by Crippen LogP contribution is 2.24. The molecule has 0 spiro atoms. The first-order valence-electron chi connectivity index (χ1n) is 4.83. The number of aryl methyl sites for hydroxylation is 1. The summed E-state index contributed by atoms with van der Waals surface area (Å²) >= 11 is 5.11. The van der Waals surface area contributed by atoms with Gasteiger partial charge >= 0.3 is 0 Å². The van der Waals surface area contributed by atoms with Crippen molar-refractivity contribution in [2.45, 2.75) is 25.8 Å². The van der Waals surface area contributed by atoms with Gasteiger partial charge in [-0.2, -0.15) is 5.10 Å². The number of hydrogen-bond acceptors (Lipinski definition) is 4. The Labute approximate surface area is 93.4 Å². The summed E-state index contributed by atoms with van der Waals surface area (Å²) in [5, 5.41) is 6.75. The lowest BCUT2D eigenvalue weighted by atomic mass is 10.1. The van der Waals surface area contributed by atoms with Crippen LogP contribution in [0, 0.1) is 11.7 Å². The Balaban J connectivity index is 2.25. The van der Waals surface area contributed by atoms with Gasteiger partial charge in [0.15, 0.2) is 4.77 Å². The summed E-state index contributed by atoms with van der Waals surface area (Å²) in [4.78, 5) is 0. The van der Waals surface area contributed by atoms with Crippen molar-refractivity contribution in [2.75, 3.05) is 11.5 Å². The average Bonchev–Trinajstić information content (AvgIpc) is 2.48. The van der Waals surface area contributed by atoms with E-state index in [2.05, 4.69) is 10.2 Å². The number of nitrogens with zero attached hydrogens (tertiary/aromatic N) is 2. The van der Waals surface area contributed by atoms with E-state index in [0.29, 0.717) is 17.6 Å². The van der Waals surface area contributed by atoms with Gasteiger partial charge in [0.2, 0.25) is 0 Å². The Hall–Kier alpha value is -0.690. The first-order valence-corrected chi connectivity index (χ1v) is 7.06. The van der Waals surface area contributed by atoms with E-state index in [9.17, 15) is 8.42 Å². The number of H-pyrrole nitrogens is 1. The average molecular weight is 247 g/mol. The smallest absolute Gasteiger partial charge is 0.195 e. The molecule has 2 rings (SSSR count). The van der Waals surface area contributed by atoms with Crippen LogP contribution >= 0.6 is 12.2 Å². The van der Waals surface area contributed by atoms with E-state index in [-0.39, 0.29) is 17.5 Å². The van der Waals surface area contributed by atoms with Crippen LogP contribution in [0.5, 0.6) is 0 Å². The summed E-state index contributed by atoms with van der Waals surface area (Å²) in [6.07, 6.45) is 1.27. The van der Waals surface area contributed by atoms with Crippen molar-refractivity contribution < 1.29 is 8.42 Å². The zero-order chi connectivity index (χ0) is 11.1. The largest absolute Gasteiger partial charge is 0.301 e. The predicted octanol–water partition coefficient (Wildman–Crippen LogP) is 0.999. The lowest BCUT2D eigenvalue weighted by Gasteiger charge is -2.23. The van der Waals surface area contributed by atoms with Gasteiger partial charge < -0.3 is 4.57 Å². The normalized spacial score (nSPS) is 21.7. The minimum Gasteiger partial charge on any atom is -0.301 e. The molecule has 1 aromatic rings. The Morgan fingerprint density at radius 1 is 1.47 bits per heavy atom. The molecule has 0 aromatic carbocycles. The number of aromatic nitrogens is 3. The van der Waals surface area contributed by atoms with E-state index in [0.717, 1.165) is 5.82 Å². The third-order valence-electron chi connectivity index (χ3n) is 2.77. The third-order valence-corrected chi connectivity index (χ3v) is 4.77. The van der Waals surface area contributed by atoms with Crippen LogP contribution in [0.3, 0.4) is 0 Å². The second kappa shape index (κ2) is 3.71. The van der Waals surface area contributed by atoms with Gasteiger partial charge in [0, 0.05) is 6.04 Å². The Morgan fingerprint density at radius 2 is 2.07 bits per heavy atom. The maximum Gasteiger partial charge on any atom is 0.195 e. The minimum absolute atomic E-state index is 0.180. The fourth-order valence-corrected chi connectivity index (χ4v) is 3.74. The molecule has 1 aliphatic heterocycles. The highest BCUT2D eigenvalue weighted by Gasteiger charge is 2.25. The van der Waals surface area contributed by atoms with Crippen LogP contribution in [-0.2, 0) is 9.84 Å². The molecular weight excluding hydrogens is 234 g/mol.